The van der Waals surface area contributed by atoms with Gasteiger partial charge < -0.3 is 15.0 Å². The minimum absolute atomic E-state index is 0.252. The molecule has 0 radical (unpaired) electrons. The fraction of sp³-hybridized carbons (Fsp3) is 0.444. The molecule has 1 aliphatic rings. The molecular weight excluding hydrogens is 168 g/mol. The van der Waals surface area contributed by atoms with Crippen molar-refractivity contribution in [3.63, 3.8) is 0 Å². The van der Waals surface area contributed by atoms with Gasteiger partial charge in [0.1, 0.15) is 5.69 Å². The van der Waals surface area contributed by atoms with Crippen molar-refractivity contribution in [2.75, 3.05) is 6.54 Å². The molecule has 0 aromatic carbocycles. The molecule has 1 aromatic heterocycles. The van der Waals surface area contributed by atoms with E-state index in [1.54, 1.807) is 6.07 Å². The first-order valence-electron chi connectivity index (χ1n) is 4.36. The molecule has 0 aliphatic carbocycles. The van der Waals surface area contributed by atoms with E-state index in [-0.39, 0.29) is 6.04 Å². The lowest BCUT2D eigenvalue weighted by Crippen LogP contribution is -2.32. The van der Waals surface area contributed by atoms with Crippen LogP contribution in [0.1, 0.15) is 29.1 Å². The Morgan fingerprint density at radius 3 is 3.15 bits per heavy atom. The molecule has 13 heavy (non-hydrogen) atoms. The summed E-state index contributed by atoms with van der Waals surface area (Å²) in [4.78, 5) is 10.8. The summed E-state index contributed by atoms with van der Waals surface area (Å²) in [5.41, 5.74) is 1.45. The fourth-order valence-corrected chi connectivity index (χ4v) is 1.80. The first-order valence-corrected chi connectivity index (χ1v) is 4.36. The number of carboxylic acids is 1. The van der Waals surface area contributed by atoms with E-state index in [1.807, 2.05) is 17.6 Å². The van der Waals surface area contributed by atoms with Crippen LogP contribution in [0.25, 0.3) is 0 Å². The van der Waals surface area contributed by atoms with Crippen LogP contribution in [-0.2, 0) is 6.54 Å². The molecule has 0 bridgehead atoms. The van der Waals surface area contributed by atoms with Crippen molar-refractivity contribution in [1.29, 1.82) is 0 Å². The second kappa shape index (κ2) is 2.88. The average Bonchev–Trinajstić information content (AvgIpc) is 2.48. The summed E-state index contributed by atoms with van der Waals surface area (Å²) >= 11 is 0. The molecule has 0 spiro atoms. The Labute approximate surface area is 76.2 Å². The van der Waals surface area contributed by atoms with Gasteiger partial charge in [-0.1, -0.05) is 0 Å². The molecule has 0 unspecified atom stereocenters. The van der Waals surface area contributed by atoms with Crippen LogP contribution in [0, 0.1) is 0 Å². The number of carbonyl (C=O) groups is 1. The summed E-state index contributed by atoms with van der Waals surface area (Å²) in [5.74, 6) is -0.847. The monoisotopic (exact) mass is 180 g/mol. The third-order valence-electron chi connectivity index (χ3n) is 2.46. The third-order valence-corrected chi connectivity index (χ3v) is 2.46. The standard InChI is InChI=1S/C9H12N2O2/c1-6-7-2-3-8(9(12)13)11(7)5-4-10-6/h2-3,6,10H,4-5H2,1H3,(H,12,13)/t6-/m1/s1. The largest absolute Gasteiger partial charge is 0.477 e. The normalized spacial score (nSPS) is 21.2. The molecule has 1 atom stereocenters. The lowest BCUT2D eigenvalue weighted by molar-refractivity contribution is 0.0683. The minimum Gasteiger partial charge on any atom is -0.477 e. The van der Waals surface area contributed by atoms with Crippen LogP contribution in [0.5, 0.6) is 0 Å². The summed E-state index contributed by atoms with van der Waals surface area (Å²) in [6.45, 7) is 3.62. The lowest BCUT2D eigenvalue weighted by Gasteiger charge is -2.23. The Hall–Kier alpha value is -1.29. The molecule has 2 rings (SSSR count). The quantitative estimate of drug-likeness (QED) is 0.673. The highest BCUT2D eigenvalue weighted by molar-refractivity contribution is 5.86. The number of nitrogens with zero attached hydrogens (tertiary/aromatic N) is 1. The fourth-order valence-electron chi connectivity index (χ4n) is 1.80. The topological polar surface area (TPSA) is 54.3 Å². The highest BCUT2D eigenvalue weighted by atomic mass is 16.4. The second-order valence-corrected chi connectivity index (χ2v) is 3.28. The van der Waals surface area contributed by atoms with Gasteiger partial charge >= 0.3 is 5.97 Å². The van der Waals surface area contributed by atoms with Gasteiger partial charge in [-0.2, -0.15) is 0 Å². The maximum Gasteiger partial charge on any atom is 0.352 e. The molecule has 70 valence electrons. The Kier molecular flexibility index (Phi) is 1.84. The van der Waals surface area contributed by atoms with Crippen molar-refractivity contribution in [2.45, 2.75) is 19.5 Å². The zero-order valence-corrected chi connectivity index (χ0v) is 7.45. The van der Waals surface area contributed by atoms with Gasteiger partial charge in [0, 0.05) is 24.8 Å². The van der Waals surface area contributed by atoms with Crippen molar-refractivity contribution >= 4 is 5.97 Å². The summed E-state index contributed by atoms with van der Waals surface area (Å²) in [7, 11) is 0. The SMILES string of the molecule is C[C@H]1NCCn2c(C(=O)O)ccc21. The number of aromatic nitrogens is 1. The number of aromatic carboxylic acids is 1. The van der Waals surface area contributed by atoms with E-state index in [1.165, 1.54) is 0 Å². The zero-order chi connectivity index (χ0) is 9.42. The predicted octanol–water partition coefficient (Wildman–Crippen LogP) is 0.850. The van der Waals surface area contributed by atoms with E-state index in [0.29, 0.717) is 5.69 Å². The Balaban J connectivity index is 2.47. The maximum atomic E-state index is 10.8. The van der Waals surface area contributed by atoms with Gasteiger partial charge in [-0.3, -0.25) is 0 Å². The predicted molar refractivity (Wildman–Crippen MR) is 47.8 cm³/mol. The summed E-state index contributed by atoms with van der Waals surface area (Å²) in [6, 6.07) is 3.79. The molecule has 4 nitrogen and oxygen atoms in total. The molecule has 1 aromatic rings. The Bertz CT molecular complexity index is 343. The van der Waals surface area contributed by atoms with Crippen LogP contribution < -0.4 is 5.32 Å². The second-order valence-electron chi connectivity index (χ2n) is 3.28. The third kappa shape index (κ3) is 1.23. The van der Waals surface area contributed by atoms with E-state index in [9.17, 15) is 4.79 Å². The molecule has 0 saturated heterocycles. The van der Waals surface area contributed by atoms with Crippen LogP contribution in [0.15, 0.2) is 12.1 Å². The average molecular weight is 180 g/mol. The van der Waals surface area contributed by atoms with Crippen LogP contribution in [0.4, 0.5) is 0 Å². The highest BCUT2D eigenvalue weighted by Gasteiger charge is 2.20. The van der Waals surface area contributed by atoms with Gasteiger partial charge in [0.15, 0.2) is 0 Å². The number of rotatable bonds is 1. The van der Waals surface area contributed by atoms with Gasteiger partial charge in [-0.25, -0.2) is 4.79 Å². The zero-order valence-electron chi connectivity index (χ0n) is 7.45. The van der Waals surface area contributed by atoms with Crippen LogP contribution >= 0.6 is 0 Å². The number of carboxylic acid groups (broad SMARTS) is 1. The van der Waals surface area contributed by atoms with Gasteiger partial charge in [0.05, 0.1) is 0 Å². The molecule has 0 amide bonds. The van der Waals surface area contributed by atoms with E-state index >= 15 is 0 Å². The molecular formula is C9H12N2O2. The Morgan fingerprint density at radius 2 is 2.46 bits per heavy atom. The molecule has 0 saturated carbocycles. The minimum atomic E-state index is -0.847. The first-order chi connectivity index (χ1) is 6.20. The van der Waals surface area contributed by atoms with Crippen LogP contribution in [-0.4, -0.2) is 22.2 Å². The van der Waals surface area contributed by atoms with Gasteiger partial charge in [-0.15, -0.1) is 0 Å². The number of hydrogen-bond donors (Lipinski definition) is 2. The number of nitrogens with one attached hydrogen (secondary N) is 1. The molecule has 2 heterocycles. The molecule has 2 N–H and O–H groups in total. The first kappa shape index (κ1) is 8.31. The van der Waals surface area contributed by atoms with Crippen molar-refractivity contribution in [3.8, 4) is 0 Å². The summed E-state index contributed by atoms with van der Waals surface area (Å²) < 4.78 is 1.86. The van der Waals surface area contributed by atoms with E-state index in [2.05, 4.69) is 5.32 Å². The van der Waals surface area contributed by atoms with Crippen LogP contribution in [0.3, 0.4) is 0 Å². The lowest BCUT2D eigenvalue weighted by atomic mass is 10.2. The van der Waals surface area contributed by atoms with Crippen LogP contribution in [0.2, 0.25) is 0 Å². The number of fused-ring (bicyclic) bond motifs is 1. The number of hydrogen-bond acceptors (Lipinski definition) is 2. The highest BCUT2D eigenvalue weighted by Crippen LogP contribution is 2.19. The van der Waals surface area contributed by atoms with Gasteiger partial charge in [0.25, 0.3) is 0 Å². The summed E-state index contributed by atoms with van der Waals surface area (Å²) in [5, 5.41) is 12.2. The van der Waals surface area contributed by atoms with E-state index < -0.39 is 5.97 Å². The van der Waals surface area contributed by atoms with Crippen molar-refractivity contribution in [2.24, 2.45) is 0 Å². The van der Waals surface area contributed by atoms with Crippen molar-refractivity contribution in [1.82, 2.24) is 9.88 Å². The van der Waals surface area contributed by atoms with Crippen molar-refractivity contribution in [3.05, 3.63) is 23.5 Å². The molecule has 1 aliphatic heterocycles. The van der Waals surface area contributed by atoms with Crippen molar-refractivity contribution < 1.29 is 9.90 Å². The Morgan fingerprint density at radius 1 is 1.69 bits per heavy atom. The van der Waals surface area contributed by atoms with Gasteiger partial charge in [-0.05, 0) is 19.1 Å². The van der Waals surface area contributed by atoms with Gasteiger partial charge in [0.2, 0.25) is 0 Å². The van der Waals surface area contributed by atoms with E-state index in [0.717, 1.165) is 18.8 Å². The molecule has 0 fully saturated rings. The summed E-state index contributed by atoms with van der Waals surface area (Å²) in [6.07, 6.45) is 0. The van der Waals surface area contributed by atoms with E-state index in [4.69, 9.17) is 5.11 Å². The smallest absolute Gasteiger partial charge is 0.352 e. The maximum absolute atomic E-state index is 10.8. The molecule has 4 heteroatoms.